The molecule has 0 saturated carbocycles. The van der Waals surface area contributed by atoms with Crippen molar-refractivity contribution in [3.63, 3.8) is 0 Å². The van der Waals surface area contributed by atoms with Gasteiger partial charge in [0.2, 0.25) is 0 Å². The number of aliphatic hydroxyl groups is 1. The molecule has 5 nitrogen and oxygen atoms in total. The number of anilines is 1. The molecule has 3 aromatic rings. The van der Waals surface area contributed by atoms with E-state index in [2.05, 4.69) is 26.2 Å². The number of aromatic nitrogens is 1. The van der Waals surface area contributed by atoms with Crippen LogP contribution in [-0.4, -0.2) is 22.6 Å². The Balaban J connectivity index is 1.85. The molecule has 0 bridgehead atoms. The molecule has 144 valence electrons. The lowest BCUT2D eigenvalue weighted by Crippen LogP contribution is -2.31. The Bertz CT molecular complexity index is 1030. The Morgan fingerprint density at radius 1 is 1.29 bits per heavy atom. The second-order valence-corrected chi connectivity index (χ2v) is 7.73. The van der Waals surface area contributed by atoms with Crippen molar-refractivity contribution in [2.24, 2.45) is 0 Å². The first-order valence-corrected chi connectivity index (χ1v) is 9.75. The quantitative estimate of drug-likeness (QED) is 0.522. The number of nitrogens with two attached hydrogens (primary N) is 1. The molecular formula is C21H19BrClN3O2. The largest absolute Gasteiger partial charge is 0.394 e. The molecule has 0 aliphatic carbocycles. The predicted octanol–water partition coefficient (Wildman–Crippen LogP) is 4.52. The van der Waals surface area contributed by atoms with Gasteiger partial charge in [0.25, 0.3) is 5.91 Å². The second kappa shape index (κ2) is 8.73. The lowest BCUT2D eigenvalue weighted by molar-refractivity contribution is 0.0915. The summed E-state index contributed by atoms with van der Waals surface area (Å²) >= 11 is 9.41. The predicted molar refractivity (Wildman–Crippen MR) is 115 cm³/mol. The maximum absolute atomic E-state index is 12.8. The molecule has 3 rings (SSSR count). The Labute approximate surface area is 176 Å². The number of hydrogen-bond donors (Lipinski definition) is 3. The Morgan fingerprint density at radius 2 is 2.07 bits per heavy atom. The van der Waals surface area contributed by atoms with E-state index in [1.165, 1.54) is 0 Å². The van der Waals surface area contributed by atoms with Crippen LogP contribution in [0.2, 0.25) is 5.02 Å². The van der Waals surface area contributed by atoms with E-state index in [4.69, 9.17) is 17.3 Å². The van der Waals surface area contributed by atoms with Crippen molar-refractivity contribution in [3.05, 3.63) is 80.9 Å². The Morgan fingerprint density at radius 3 is 2.75 bits per heavy atom. The number of nitrogen functional groups attached to an aromatic ring is 1. The lowest BCUT2D eigenvalue weighted by atomic mass is 9.99. The van der Waals surface area contributed by atoms with E-state index in [-0.39, 0.29) is 12.5 Å². The second-order valence-electron chi connectivity index (χ2n) is 6.38. The third-order valence-electron chi connectivity index (χ3n) is 4.41. The average molecular weight is 461 g/mol. The highest BCUT2D eigenvalue weighted by Crippen LogP contribution is 2.29. The minimum absolute atomic E-state index is 0.233. The van der Waals surface area contributed by atoms with Gasteiger partial charge in [0.15, 0.2) is 0 Å². The van der Waals surface area contributed by atoms with Gasteiger partial charge in [-0.25, -0.2) is 4.98 Å². The molecule has 0 unspecified atom stereocenters. The van der Waals surface area contributed by atoms with Crippen molar-refractivity contribution in [3.8, 4) is 11.1 Å². The zero-order valence-electron chi connectivity index (χ0n) is 15.1. The van der Waals surface area contributed by atoms with Crippen LogP contribution in [0.4, 0.5) is 5.82 Å². The van der Waals surface area contributed by atoms with E-state index in [1.807, 2.05) is 31.2 Å². The number of benzene rings is 2. The standard InChI is InChI=1S/C21H19BrClN3O2/c1-12-7-13(18-9-15(22)10-25-20(18)24)5-6-17(12)21(28)26-19(11-27)14-3-2-4-16(23)8-14/h2-10,19,27H,11H2,1H3,(H2,24,25)(H,26,28)/t19-/m1/s1. The number of pyridine rings is 1. The van der Waals surface area contributed by atoms with Crippen LogP contribution < -0.4 is 11.1 Å². The van der Waals surface area contributed by atoms with Gasteiger partial charge in [-0.3, -0.25) is 4.79 Å². The molecule has 1 amide bonds. The number of rotatable bonds is 5. The summed E-state index contributed by atoms with van der Waals surface area (Å²) in [6, 6.07) is 13.9. The molecule has 0 spiro atoms. The van der Waals surface area contributed by atoms with E-state index >= 15 is 0 Å². The van der Waals surface area contributed by atoms with Crippen LogP contribution in [0, 0.1) is 6.92 Å². The molecule has 0 aliphatic heterocycles. The summed E-state index contributed by atoms with van der Waals surface area (Å²) in [6.07, 6.45) is 1.64. The van der Waals surface area contributed by atoms with Gasteiger partial charge < -0.3 is 16.2 Å². The van der Waals surface area contributed by atoms with E-state index in [0.717, 1.165) is 26.7 Å². The first kappa shape index (κ1) is 20.3. The van der Waals surface area contributed by atoms with Gasteiger partial charge in [-0.2, -0.15) is 0 Å². The third kappa shape index (κ3) is 4.52. The fourth-order valence-corrected chi connectivity index (χ4v) is 3.49. The normalized spacial score (nSPS) is 11.9. The Hall–Kier alpha value is -2.41. The minimum Gasteiger partial charge on any atom is -0.394 e. The van der Waals surface area contributed by atoms with Crippen molar-refractivity contribution in [1.29, 1.82) is 0 Å². The smallest absolute Gasteiger partial charge is 0.252 e. The summed E-state index contributed by atoms with van der Waals surface area (Å²) in [5, 5.41) is 13.1. The van der Waals surface area contributed by atoms with Crippen LogP contribution in [0.15, 0.2) is 59.2 Å². The average Bonchev–Trinajstić information content (AvgIpc) is 2.67. The van der Waals surface area contributed by atoms with E-state index < -0.39 is 6.04 Å². The first-order valence-electron chi connectivity index (χ1n) is 8.58. The summed E-state index contributed by atoms with van der Waals surface area (Å²) in [5.41, 5.74) is 9.69. The molecule has 4 N–H and O–H groups in total. The third-order valence-corrected chi connectivity index (χ3v) is 5.07. The van der Waals surface area contributed by atoms with Gasteiger partial charge in [-0.1, -0.05) is 35.9 Å². The first-order chi connectivity index (χ1) is 13.4. The van der Waals surface area contributed by atoms with Gasteiger partial charge in [0.05, 0.1) is 12.6 Å². The van der Waals surface area contributed by atoms with Crippen molar-refractivity contribution < 1.29 is 9.90 Å². The summed E-state index contributed by atoms with van der Waals surface area (Å²) in [7, 11) is 0. The molecule has 7 heteroatoms. The summed E-state index contributed by atoms with van der Waals surface area (Å²) in [6.45, 7) is 1.62. The van der Waals surface area contributed by atoms with E-state index in [9.17, 15) is 9.90 Å². The zero-order chi connectivity index (χ0) is 20.3. The summed E-state index contributed by atoms with van der Waals surface area (Å²) in [4.78, 5) is 16.9. The fraction of sp³-hybridized carbons (Fsp3) is 0.143. The molecule has 1 atom stereocenters. The number of aryl methyl sites for hydroxylation is 1. The fourth-order valence-electron chi connectivity index (χ4n) is 2.96. The van der Waals surface area contributed by atoms with Gasteiger partial charge in [0, 0.05) is 26.8 Å². The number of carbonyl (C=O) groups excluding carboxylic acids is 1. The highest BCUT2D eigenvalue weighted by molar-refractivity contribution is 9.10. The van der Waals surface area contributed by atoms with Crippen LogP contribution in [0.1, 0.15) is 27.5 Å². The van der Waals surface area contributed by atoms with Gasteiger partial charge in [0.1, 0.15) is 5.82 Å². The van der Waals surface area contributed by atoms with Gasteiger partial charge >= 0.3 is 0 Å². The van der Waals surface area contributed by atoms with Gasteiger partial charge in [-0.15, -0.1) is 0 Å². The number of nitrogens with one attached hydrogen (secondary N) is 1. The number of nitrogens with zero attached hydrogens (tertiary/aromatic N) is 1. The van der Waals surface area contributed by atoms with Crippen LogP contribution >= 0.6 is 27.5 Å². The van der Waals surface area contributed by atoms with Crippen LogP contribution in [0.3, 0.4) is 0 Å². The van der Waals surface area contributed by atoms with E-state index in [0.29, 0.717) is 16.4 Å². The number of halogens is 2. The Kier molecular flexibility index (Phi) is 6.34. The van der Waals surface area contributed by atoms with Crippen molar-refractivity contribution >= 4 is 39.3 Å². The molecule has 0 aliphatic rings. The minimum atomic E-state index is -0.546. The number of hydrogen-bond acceptors (Lipinski definition) is 4. The van der Waals surface area contributed by atoms with Crippen LogP contribution in [0.5, 0.6) is 0 Å². The van der Waals surface area contributed by atoms with Crippen LogP contribution in [0.25, 0.3) is 11.1 Å². The zero-order valence-corrected chi connectivity index (χ0v) is 17.5. The van der Waals surface area contributed by atoms with Crippen LogP contribution in [-0.2, 0) is 0 Å². The lowest BCUT2D eigenvalue weighted by Gasteiger charge is -2.18. The number of amides is 1. The maximum Gasteiger partial charge on any atom is 0.252 e. The van der Waals surface area contributed by atoms with Crippen molar-refractivity contribution in [2.45, 2.75) is 13.0 Å². The topological polar surface area (TPSA) is 88.2 Å². The molecule has 28 heavy (non-hydrogen) atoms. The molecule has 2 aromatic carbocycles. The molecule has 0 saturated heterocycles. The monoisotopic (exact) mass is 459 g/mol. The molecule has 1 heterocycles. The number of aliphatic hydroxyl groups excluding tert-OH is 1. The maximum atomic E-state index is 12.8. The van der Waals surface area contributed by atoms with Crippen molar-refractivity contribution in [2.75, 3.05) is 12.3 Å². The van der Waals surface area contributed by atoms with Gasteiger partial charge in [-0.05, 0) is 63.8 Å². The molecular weight excluding hydrogens is 442 g/mol. The number of carbonyl (C=O) groups is 1. The molecule has 0 radical (unpaired) electrons. The summed E-state index contributed by atoms with van der Waals surface area (Å²) in [5.74, 6) is 0.143. The van der Waals surface area contributed by atoms with Crippen molar-refractivity contribution in [1.82, 2.24) is 10.3 Å². The highest BCUT2D eigenvalue weighted by atomic mass is 79.9. The molecule has 1 aromatic heterocycles. The molecule has 0 fully saturated rings. The van der Waals surface area contributed by atoms with E-state index in [1.54, 1.807) is 30.5 Å². The summed E-state index contributed by atoms with van der Waals surface area (Å²) < 4.78 is 0.823. The SMILES string of the molecule is Cc1cc(-c2cc(Br)cnc2N)ccc1C(=O)N[C@H](CO)c1cccc(Cl)c1. The highest BCUT2D eigenvalue weighted by Gasteiger charge is 2.17.